The maximum atomic E-state index is 12.0. The van der Waals surface area contributed by atoms with E-state index >= 15 is 0 Å². The lowest BCUT2D eigenvalue weighted by Gasteiger charge is -2.10. The largest absolute Gasteiger partial charge is 0.493 e. The summed E-state index contributed by atoms with van der Waals surface area (Å²) in [5.41, 5.74) is 1.74. The van der Waals surface area contributed by atoms with Crippen LogP contribution in [-0.4, -0.2) is 37.4 Å². The normalized spacial score (nSPS) is 10.0. The molecule has 0 amide bonds. The fraction of sp³-hybridized carbons (Fsp3) is 0.360. The van der Waals surface area contributed by atoms with Crippen LogP contribution in [0.25, 0.3) is 0 Å². The van der Waals surface area contributed by atoms with Crippen LogP contribution in [0.1, 0.15) is 71.4 Å². The molecule has 2 rings (SSSR count). The SMILES string of the molecule is CCCCOc1cc(C#Cc2ccc(C(=O)OC)c(OCCCC)c2)ccc1C(=O)O. The molecule has 1 N–H and O–H groups in total. The van der Waals surface area contributed by atoms with Crippen molar-refractivity contribution in [1.82, 2.24) is 0 Å². The molecule has 0 fully saturated rings. The van der Waals surface area contributed by atoms with Crippen molar-refractivity contribution in [3.63, 3.8) is 0 Å². The maximum Gasteiger partial charge on any atom is 0.341 e. The molecule has 0 radical (unpaired) electrons. The average Bonchev–Trinajstić information content (AvgIpc) is 2.77. The molecule has 0 spiro atoms. The van der Waals surface area contributed by atoms with E-state index in [9.17, 15) is 14.7 Å². The van der Waals surface area contributed by atoms with Gasteiger partial charge in [0.15, 0.2) is 0 Å². The number of methoxy groups -OCH3 is 1. The zero-order valence-corrected chi connectivity index (χ0v) is 18.2. The summed E-state index contributed by atoms with van der Waals surface area (Å²) in [6, 6.07) is 9.82. The quantitative estimate of drug-likeness (QED) is 0.331. The van der Waals surface area contributed by atoms with E-state index in [4.69, 9.17) is 14.2 Å². The highest BCUT2D eigenvalue weighted by Crippen LogP contribution is 2.23. The summed E-state index contributed by atoms with van der Waals surface area (Å²) in [5.74, 6) is 5.27. The van der Waals surface area contributed by atoms with Crippen LogP contribution in [0, 0.1) is 11.8 Å². The van der Waals surface area contributed by atoms with Crippen molar-refractivity contribution in [2.24, 2.45) is 0 Å². The number of carboxylic acids is 1. The third kappa shape index (κ3) is 7.07. The van der Waals surface area contributed by atoms with Gasteiger partial charge in [-0.1, -0.05) is 38.5 Å². The van der Waals surface area contributed by atoms with Crippen LogP contribution in [0.2, 0.25) is 0 Å². The second-order valence-electron chi connectivity index (χ2n) is 6.87. The summed E-state index contributed by atoms with van der Waals surface area (Å²) in [7, 11) is 1.33. The lowest BCUT2D eigenvalue weighted by atomic mass is 10.1. The molecule has 0 saturated heterocycles. The monoisotopic (exact) mass is 424 g/mol. The number of esters is 1. The molecule has 2 aromatic rings. The zero-order valence-electron chi connectivity index (χ0n) is 18.2. The Morgan fingerprint density at radius 3 is 1.77 bits per heavy atom. The van der Waals surface area contributed by atoms with E-state index in [2.05, 4.69) is 18.8 Å². The highest BCUT2D eigenvalue weighted by Gasteiger charge is 2.14. The van der Waals surface area contributed by atoms with E-state index in [0.717, 1.165) is 25.7 Å². The van der Waals surface area contributed by atoms with Gasteiger partial charge in [0.1, 0.15) is 22.6 Å². The van der Waals surface area contributed by atoms with Gasteiger partial charge in [-0.15, -0.1) is 0 Å². The Bertz CT molecular complexity index is 968. The highest BCUT2D eigenvalue weighted by molar-refractivity contribution is 5.93. The Hall–Kier alpha value is -3.46. The fourth-order valence-electron chi connectivity index (χ4n) is 2.69. The Morgan fingerprint density at radius 1 is 0.839 bits per heavy atom. The van der Waals surface area contributed by atoms with Crippen molar-refractivity contribution in [2.75, 3.05) is 20.3 Å². The molecule has 0 aliphatic carbocycles. The number of carbonyl (C=O) groups is 2. The van der Waals surface area contributed by atoms with Crippen LogP contribution in [-0.2, 0) is 4.74 Å². The van der Waals surface area contributed by atoms with Gasteiger partial charge in [0.05, 0.1) is 20.3 Å². The van der Waals surface area contributed by atoms with Gasteiger partial charge in [-0.25, -0.2) is 9.59 Å². The molecule has 0 saturated carbocycles. The Kier molecular flexibility index (Phi) is 9.44. The zero-order chi connectivity index (χ0) is 22.6. The third-order valence-electron chi connectivity index (χ3n) is 4.46. The lowest BCUT2D eigenvalue weighted by Crippen LogP contribution is -2.07. The first kappa shape index (κ1) is 23.8. The van der Waals surface area contributed by atoms with E-state index in [1.54, 1.807) is 30.3 Å². The van der Waals surface area contributed by atoms with Crippen LogP contribution >= 0.6 is 0 Å². The van der Waals surface area contributed by atoms with Crippen LogP contribution in [0.15, 0.2) is 36.4 Å². The van der Waals surface area contributed by atoms with Crippen molar-refractivity contribution in [1.29, 1.82) is 0 Å². The molecule has 31 heavy (non-hydrogen) atoms. The molecule has 0 atom stereocenters. The molecule has 6 nitrogen and oxygen atoms in total. The summed E-state index contributed by atoms with van der Waals surface area (Å²) in [4.78, 5) is 23.4. The van der Waals surface area contributed by atoms with Gasteiger partial charge in [0.25, 0.3) is 0 Å². The third-order valence-corrected chi connectivity index (χ3v) is 4.46. The summed E-state index contributed by atoms with van der Waals surface area (Å²) in [6.45, 7) is 5.03. The van der Waals surface area contributed by atoms with Crippen LogP contribution < -0.4 is 9.47 Å². The number of benzene rings is 2. The number of unbranched alkanes of at least 4 members (excludes halogenated alkanes) is 2. The summed E-state index contributed by atoms with van der Waals surface area (Å²) in [5, 5.41) is 9.36. The Balaban J connectivity index is 2.31. The van der Waals surface area contributed by atoms with E-state index in [-0.39, 0.29) is 5.56 Å². The molecular formula is C25H28O6. The van der Waals surface area contributed by atoms with Crippen molar-refractivity contribution in [3.05, 3.63) is 58.7 Å². The second-order valence-corrected chi connectivity index (χ2v) is 6.87. The van der Waals surface area contributed by atoms with Gasteiger partial charge < -0.3 is 19.3 Å². The molecule has 0 aliphatic heterocycles. The molecule has 164 valence electrons. The molecule has 6 heteroatoms. The van der Waals surface area contributed by atoms with Gasteiger partial charge in [0.2, 0.25) is 0 Å². The second kappa shape index (κ2) is 12.3. The number of carboxylic acid groups (broad SMARTS) is 1. The smallest absolute Gasteiger partial charge is 0.341 e. The van der Waals surface area contributed by atoms with Gasteiger partial charge in [-0.2, -0.15) is 0 Å². The minimum atomic E-state index is -1.04. The van der Waals surface area contributed by atoms with E-state index < -0.39 is 11.9 Å². The van der Waals surface area contributed by atoms with Crippen molar-refractivity contribution < 1.29 is 28.9 Å². The van der Waals surface area contributed by atoms with Crippen LogP contribution in [0.3, 0.4) is 0 Å². The molecule has 2 aromatic carbocycles. The van der Waals surface area contributed by atoms with Crippen molar-refractivity contribution in [2.45, 2.75) is 39.5 Å². The van der Waals surface area contributed by atoms with Crippen LogP contribution in [0.5, 0.6) is 11.5 Å². The summed E-state index contributed by atoms with van der Waals surface area (Å²) >= 11 is 0. The molecule has 0 aromatic heterocycles. The predicted molar refractivity (Wildman–Crippen MR) is 118 cm³/mol. The van der Waals surface area contributed by atoms with Crippen LogP contribution in [0.4, 0.5) is 0 Å². The maximum absolute atomic E-state index is 12.0. The number of aromatic carboxylic acids is 1. The topological polar surface area (TPSA) is 82.1 Å². The number of carbonyl (C=O) groups excluding carboxylic acids is 1. The standard InChI is InChI=1S/C25H28O6/c1-4-6-14-30-22-16-18(10-12-20(22)24(26)27)8-9-19-11-13-21(25(28)29-3)23(17-19)31-15-7-5-2/h10-13,16-17H,4-7,14-15H2,1-3H3,(H,26,27). The van der Waals surface area contributed by atoms with E-state index in [0.29, 0.717) is 41.4 Å². The van der Waals surface area contributed by atoms with E-state index in [1.165, 1.54) is 13.2 Å². The van der Waals surface area contributed by atoms with Crippen molar-refractivity contribution in [3.8, 4) is 23.3 Å². The van der Waals surface area contributed by atoms with Gasteiger partial charge in [-0.05, 0) is 49.2 Å². The number of rotatable bonds is 10. The molecular weight excluding hydrogens is 396 g/mol. The molecule has 0 unspecified atom stereocenters. The Labute approximate surface area is 183 Å². The van der Waals surface area contributed by atoms with E-state index in [1.807, 2.05) is 6.92 Å². The number of hydrogen-bond donors (Lipinski definition) is 1. The minimum Gasteiger partial charge on any atom is -0.493 e. The fourth-order valence-corrected chi connectivity index (χ4v) is 2.69. The van der Waals surface area contributed by atoms with Gasteiger partial charge >= 0.3 is 11.9 Å². The minimum absolute atomic E-state index is 0.107. The Morgan fingerprint density at radius 2 is 1.32 bits per heavy atom. The first-order valence-electron chi connectivity index (χ1n) is 10.4. The molecule has 0 heterocycles. The number of ether oxygens (including phenoxy) is 3. The van der Waals surface area contributed by atoms with Crippen molar-refractivity contribution >= 4 is 11.9 Å². The predicted octanol–water partition coefficient (Wildman–Crippen LogP) is 4.93. The summed E-state index contributed by atoms with van der Waals surface area (Å²) in [6.07, 6.45) is 3.63. The summed E-state index contributed by atoms with van der Waals surface area (Å²) < 4.78 is 16.2. The highest BCUT2D eigenvalue weighted by atomic mass is 16.5. The first-order chi connectivity index (χ1) is 15.0. The molecule has 0 bridgehead atoms. The molecule has 0 aliphatic rings. The lowest BCUT2D eigenvalue weighted by molar-refractivity contribution is 0.0595. The first-order valence-corrected chi connectivity index (χ1v) is 10.4. The van der Waals surface area contributed by atoms with Gasteiger partial charge in [0, 0.05) is 11.1 Å². The average molecular weight is 424 g/mol. The number of hydrogen-bond acceptors (Lipinski definition) is 5. The van der Waals surface area contributed by atoms with Gasteiger partial charge in [-0.3, -0.25) is 0 Å².